The minimum absolute atomic E-state index is 0.0797. The molecule has 0 aliphatic rings. The van der Waals surface area contributed by atoms with E-state index in [2.05, 4.69) is 10.1 Å². The molecule has 0 saturated heterocycles. The second-order valence-corrected chi connectivity index (χ2v) is 6.39. The van der Waals surface area contributed by atoms with Gasteiger partial charge in [0.15, 0.2) is 18.2 Å². The lowest BCUT2D eigenvalue weighted by atomic mass is 10.1. The van der Waals surface area contributed by atoms with Crippen LogP contribution in [-0.2, 0) is 20.7 Å². The molecule has 1 N–H and O–H groups in total. The van der Waals surface area contributed by atoms with Gasteiger partial charge in [-0.2, -0.15) is 0 Å². The first-order valence-electron chi connectivity index (χ1n) is 8.93. The van der Waals surface area contributed by atoms with Gasteiger partial charge in [-0.3, -0.25) is 0 Å². The lowest BCUT2D eigenvalue weighted by molar-refractivity contribution is -0.142. The first kappa shape index (κ1) is 21.8. The van der Waals surface area contributed by atoms with Crippen LogP contribution < -0.4 is 10.1 Å². The maximum Gasteiger partial charge on any atom is 0.343 e. The molecule has 0 aliphatic carbocycles. The van der Waals surface area contributed by atoms with Crippen LogP contribution in [0.1, 0.15) is 24.2 Å². The maximum absolute atomic E-state index is 14.0. The summed E-state index contributed by atoms with van der Waals surface area (Å²) < 4.78 is 42.5. The summed E-state index contributed by atoms with van der Waals surface area (Å²) in [7, 11) is 2.77. The summed E-state index contributed by atoms with van der Waals surface area (Å²) in [4.78, 5) is 11.1. The standard InChI is InChI=1S/C21H25F2NO4/c1-14(11-15-7-9-16(10-8-15)28-13-20(25)27-3)24-12-19(26-2)17-5-4-6-18(22)21(17)23/h4-10,14,19,24H,11-13H2,1-3H3. The van der Waals surface area contributed by atoms with E-state index >= 15 is 0 Å². The van der Waals surface area contributed by atoms with E-state index in [4.69, 9.17) is 9.47 Å². The highest BCUT2D eigenvalue weighted by Crippen LogP contribution is 2.21. The summed E-state index contributed by atoms with van der Waals surface area (Å²) in [5.41, 5.74) is 1.26. The fraction of sp³-hybridized carbons (Fsp3) is 0.381. The first-order chi connectivity index (χ1) is 13.4. The highest BCUT2D eigenvalue weighted by molar-refractivity contribution is 5.70. The van der Waals surface area contributed by atoms with Crippen LogP contribution >= 0.6 is 0 Å². The number of hydrogen-bond donors (Lipinski definition) is 1. The quantitative estimate of drug-likeness (QED) is 0.627. The van der Waals surface area contributed by atoms with Gasteiger partial charge in [0.05, 0.1) is 13.2 Å². The molecule has 0 aromatic heterocycles. The average Bonchev–Trinajstić information content (AvgIpc) is 2.70. The summed E-state index contributed by atoms with van der Waals surface area (Å²) in [6, 6.07) is 11.5. The lowest BCUT2D eigenvalue weighted by Crippen LogP contribution is -2.33. The Labute approximate surface area is 163 Å². The predicted molar refractivity (Wildman–Crippen MR) is 101 cm³/mol. The molecule has 0 heterocycles. The third kappa shape index (κ3) is 6.28. The van der Waals surface area contributed by atoms with Crippen molar-refractivity contribution in [1.29, 1.82) is 0 Å². The highest BCUT2D eigenvalue weighted by Gasteiger charge is 2.18. The molecule has 7 heteroatoms. The van der Waals surface area contributed by atoms with E-state index in [1.54, 1.807) is 12.1 Å². The molecule has 152 valence electrons. The number of methoxy groups -OCH3 is 2. The SMILES string of the molecule is COC(=O)COc1ccc(CC(C)NCC(OC)c2cccc(F)c2F)cc1. The average molecular weight is 393 g/mol. The van der Waals surface area contributed by atoms with Crippen LogP contribution in [0.5, 0.6) is 5.75 Å². The number of benzene rings is 2. The van der Waals surface area contributed by atoms with E-state index in [1.165, 1.54) is 26.4 Å². The summed E-state index contributed by atoms with van der Waals surface area (Å²) in [6.45, 7) is 2.21. The van der Waals surface area contributed by atoms with Gasteiger partial charge in [0.2, 0.25) is 0 Å². The summed E-state index contributed by atoms with van der Waals surface area (Å²) in [5, 5.41) is 3.28. The third-order valence-corrected chi connectivity index (χ3v) is 4.31. The Bertz CT molecular complexity index is 768. The maximum atomic E-state index is 14.0. The van der Waals surface area contributed by atoms with Crippen molar-refractivity contribution in [2.24, 2.45) is 0 Å². The fourth-order valence-corrected chi connectivity index (χ4v) is 2.75. The van der Waals surface area contributed by atoms with Gasteiger partial charge in [0, 0.05) is 25.3 Å². The predicted octanol–water partition coefficient (Wildman–Crippen LogP) is 3.42. The first-order valence-corrected chi connectivity index (χ1v) is 8.93. The number of hydrogen-bond acceptors (Lipinski definition) is 5. The lowest BCUT2D eigenvalue weighted by Gasteiger charge is -2.21. The van der Waals surface area contributed by atoms with Gasteiger partial charge < -0.3 is 19.5 Å². The monoisotopic (exact) mass is 393 g/mol. The fourth-order valence-electron chi connectivity index (χ4n) is 2.75. The van der Waals surface area contributed by atoms with Crippen LogP contribution in [0.4, 0.5) is 8.78 Å². The van der Waals surface area contributed by atoms with Crippen LogP contribution in [0, 0.1) is 11.6 Å². The van der Waals surface area contributed by atoms with Crippen molar-refractivity contribution >= 4 is 5.97 Å². The number of esters is 1. The molecule has 0 aliphatic heterocycles. The smallest absolute Gasteiger partial charge is 0.343 e. The van der Waals surface area contributed by atoms with Crippen molar-refractivity contribution in [2.45, 2.75) is 25.5 Å². The van der Waals surface area contributed by atoms with E-state index in [-0.39, 0.29) is 18.2 Å². The Morgan fingerprint density at radius 2 is 1.82 bits per heavy atom. The van der Waals surface area contributed by atoms with E-state index in [9.17, 15) is 13.6 Å². The summed E-state index contributed by atoms with van der Waals surface area (Å²) in [6.07, 6.45) is 0.131. The molecular formula is C21H25F2NO4. The molecule has 0 fully saturated rings. The van der Waals surface area contributed by atoms with Crippen LogP contribution in [-0.4, -0.2) is 39.4 Å². The Kier molecular flexibility index (Phi) is 8.35. The molecule has 0 spiro atoms. The largest absolute Gasteiger partial charge is 0.482 e. The third-order valence-electron chi connectivity index (χ3n) is 4.31. The molecule has 2 unspecified atom stereocenters. The molecule has 28 heavy (non-hydrogen) atoms. The van der Waals surface area contributed by atoms with Crippen molar-refractivity contribution in [3.05, 3.63) is 65.2 Å². The molecular weight excluding hydrogens is 368 g/mol. The molecule has 0 radical (unpaired) electrons. The Hall–Kier alpha value is -2.51. The molecule has 2 aromatic rings. The van der Waals surface area contributed by atoms with Crippen molar-refractivity contribution in [1.82, 2.24) is 5.32 Å². The van der Waals surface area contributed by atoms with Crippen LogP contribution in [0.2, 0.25) is 0 Å². The molecule has 5 nitrogen and oxygen atoms in total. The topological polar surface area (TPSA) is 56.8 Å². The summed E-state index contributed by atoms with van der Waals surface area (Å²) >= 11 is 0. The second kappa shape index (κ2) is 10.7. The van der Waals surface area contributed by atoms with E-state index in [1.807, 2.05) is 19.1 Å². The van der Waals surface area contributed by atoms with Crippen LogP contribution in [0.25, 0.3) is 0 Å². The molecule has 2 rings (SSSR count). The molecule has 2 atom stereocenters. The normalized spacial score (nSPS) is 13.0. The van der Waals surface area contributed by atoms with Gasteiger partial charge in [-0.15, -0.1) is 0 Å². The molecule has 0 saturated carbocycles. The van der Waals surface area contributed by atoms with Gasteiger partial charge in [0.25, 0.3) is 0 Å². The Morgan fingerprint density at radius 3 is 2.46 bits per heavy atom. The Balaban J connectivity index is 1.86. The van der Waals surface area contributed by atoms with Crippen molar-refractivity contribution in [2.75, 3.05) is 27.4 Å². The number of ether oxygens (including phenoxy) is 3. The zero-order valence-corrected chi connectivity index (χ0v) is 16.2. The van der Waals surface area contributed by atoms with E-state index in [0.717, 1.165) is 18.1 Å². The molecule has 0 bridgehead atoms. The van der Waals surface area contributed by atoms with Gasteiger partial charge in [-0.25, -0.2) is 13.6 Å². The zero-order chi connectivity index (χ0) is 20.5. The minimum atomic E-state index is -0.887. The van der Waals surface area contributed by atoms with Crippen molar-refractivity contribution in [3.8, 4) is 5.75 Å². The van der Waals surface area contributed by atoms with Crippen LogP contribution in [0.15, 0.2) is 42.5 Å². The van der Waals surface area contributed by atoms with E-state index in [0.29, 0.717) is 12.3 Å². The van der Waals surface area contributed by atoms with Gasteiger partial charge in [-0.05, 0) is 37.1 Å². The molecule has 2 aromatic carbocycles. The number of nitrogens with one attached hydrogen (secondary N) is 1. The number of carbonyl (C=O) groups is 1. The number of rotatable bonds is 10. The van der Waals surface area contributed by atoms with E-state index < -0.39 is 23.7 Å². The second-order valence-electron chi connectivity index (χ2n) is 6.39. The Morgan fingerprint density at radius 1 is 1.11 bits per heavy atom. The van der Waals surface area contributed by atoms with Crippen molar-refractivity contribution in [3.63, 3.8) is 0 Å². The summed E-state index contributed by atoms with van der Waals surface area (Å²) in [5.74, 6) is -1.63. The van der Waals surface area contributed by atoms with Gasteiger partial charge in [0.1, 0.15) is 5.75 Å². The molecule has 0 amide bonds. The highest BCUT2D eigenvalue weighted by atomic mass is 19.2. The van der Waals surface area contributed by atoms with Gasteiger partial charge in [-0.1, -0.05) is 24.3 Å². The van der Waals surface area contributed by atoms with Crippen LogP contribution in [0.3, 0.4) is 0 Å². The van der Waals surface area contributed by atoms with Gasteiger partial charge >= 0.3 is 5.97 Å². The zero-order valence-electron chi connectivity index (χ0n) is 16.2. The number of carbonyl (C=O) groups excluding carboxylic acids is 1. The minimum Gasteiger partial charge on any atom is -0.482 e. The van der Waals surface area contributed by atoms with Crippen molar-refractivity contribution < 1.29 is 27.8 Å². The number of halogens is 2.